The van der Waals surface area contributed by atoms with Gasteiger partial charge in [0.25, 0.3) is 0 Å². The third-order valence-electron chi connectivity index (χ3n) is 5.50. The van der Waals surface area contributed by atoms with Gasteiger partial charge in [0.05, 0.1) is 27.9 Å². The summed E-state index contributed by atoms with van der Waals surface area (Å²) in [6, 6.07) is 5.20. The second kappa shape index (κ2) is 10.9. The van der Waals surface area contributed by atoms with Gasteiger partial charge in [-0.3, -0.25) is 0 Å². The molecule has 0 bridgehead atoms. The Morgan fingerprint density at radius 3 is 2.03 bits per heavy atom. The monoisotopic (exact) mass is 486 g/mol. The smallest absolute Gasteiger partial charge is 0.342 e. The molecule has 0 unspecified atom stereocenters. The highest BCUT2D eigenvalue weighted by Gasteiger charge is 2.29. The molecule has 2 aromatic carbocycles. The van der Waals surface area contributed by atoms with E-state index < -0.39 is 5.97 Å². The quantitative estimate of drug-likeness (QED) is 0.425. The summed E-state index contributed by atoms with van der Waals surface area (Å²) in [5.41, 5.74) is 2.54. The Morgan fingerprint density at radius 1 is 0.943 bits per heavy atom. The average molecular weight is 487 g/mol. The molecule has 0 fully saturated rings. The lowest BCUT2D eigenvalue weighted by atomic mass is 9.97. The van der Waals surface area contributed by atoms with Gasteiger partial charge in [-0.15, -0.1) is 0 Å². The number of carbonyl (C=O) groups excluding carboxylic acids is 1. The Balaban J connectivity index is 2.44. The van der Waals surface area contributed by atoms with Gasteiger partial charge in [-0.25, -0.2) is 4.79 Å². The predicted molar refractivity (Wildman–Crippen MR) is 134 cm³/mol. The SMILES string of the molecule is CCOC(=O)c1c(-c2cc(OC)c(OC)c(OC)c2)oc2cc(CN(C)C)c(O)c(CN(C)C)c12. The summed E-state index contributed by atoms with van der Waals surface area (Å²) in [7, 11) is 12.2. The van der Waals surface area contributed by atoms with Crippen LogP contribution in [0, 0.1) is 0 Å². The number of rotatable bonds is 10. The minimum Gasteiger partial charge on any atom is -0.507 e. The summed E-state index contributed by atoms with van der Waals surface area (Å²) in [4.78, 5) is 17.2. The zero-order chi connectivity index (χ0) is 25.9. The number of ether oxygens (including phenoxy) is 4. The van der Waals surface area contributed by atoms with E-state index in [1.54, 1.807) is 25.1 Å². The molecular weight excluding hydrogens is 452 g/mol. The molecule has 0 saturated heterocycles. The van der Waals surface area contributed by atoms with E-state index in [1.165, 1.54) is 21.3 Å². The van der Waals surface area contributed by atoms with E-state index >= 15 is 0 Å². The van der Waals surface area contributed by atoms with Crippen LogP contribution < -0.4 is 14.2 Å². The number of furan rings is 1. The Kier molecular flexibility index (Phi) is 8.14. The number of phenols is 1. The molecule has 0 atom stereocenters. The second-order valence-corrected chi connectivity index (χ2v) is 8.65. The fourth-order valence-electron chi connectivity index (χ4n) is 4.13. The van der Waals surface area contributed by atoms with Crippen molar-refractivity contribution in [1.82, 2.24) is 9.80 Å². The van der Waals surface area contributed by atoms with Crippen molar-refractivity contribution in [3.05, 3.63) is 34.9 Å². The second-order valence-electron chi connectivity index (χ2n) is 8.65. The normalized spacial score (nSPS) is 11.4. The van der Waals surface area contributed by atoms with Crippen molar-refractivity contribution in [1.29, 1.82) is 0 Å². The van der Waals surface area contributed by atoms with Crippen molar-refractivity contribution in [3.8, 4) is 34.3 Å². The van der Waals surface area contributed by atoms with Crippen LogP contribution in [0.4, 0.5) is 0 Å². The highest BCUT2D eigenvalue weighted by atomic mass is 16.5. The van der Waals surface area contributed by atoms with E-state index in [4.69, 9.17) is 23.4 Å². The fourth-order valence-corrected chi connectivity index (χ4v) is 4.13. The van der Waals surface area contributed by atoms with Gasteiger partial charge < -0.3 is 38.3 Å². The molecule has 9 heteroatoms. The van der Waals surface area contributed by atoms with Crippen LogP contribution in [0.15, 0.2) is 22.6 Å². The lowest BCUT2D eigenvalue weighted by Crippen LogP contribution is -2.15. The average Bonchev–Trinajstić information content (AvgIpc) is 3.19. The molecule has 0 saturated carbocycles. The molecule has 9 nitrogen and oxygen atoms in total. The minimum atomic E-state index is -0.547. The van der Waals surface area contributed by atoms with Crippen LogP contribution in [0.25, 0.3) is 22.3 Å². The van der Waals surface area contributed by atoms with Crippen LogP contribution in [0.5, 0.6) is 23.0 Å². The predicted octanol–water partition coefficient (Wildman–Crippen LogP) is 4.13. The van der Waals surface area contributed by atoms with Gasteiger partial charge in [0.15, 0.2) is 11.5 Å². The zero-order valence-electron chi connectivity index (χ0n) is 21.6. The first-order valence-corrected chi connectivity index (χ1v) is 11.2. The van der Waals surface area contributed by atoms with Crippen LogP contribution in [0.2, 0.25) is 0 Å². The van der Waals surface area contributed by atoms with Crippen LogP contribution in [0.1, 0.15) is 28.4 Å². The fraction of sp³-hybridized carbons (Fsp3) is 0.423. The van der Waals surface area contributed by atoms with E-state index in [1.807, 2.05) is 38.0 Å². The maximum atomic E-state index is 13.3. The summed E-state index contributed by atoms with van der Waals surface area (Å²) < 4.78 is 28.2. The Labute approximate surface area is 205 Å². The maximum Gasteiger partial charge on any atom is 0.342 e. The van der Waals surface area contributed by atoms with Gasteiger partial charge in [0.2, 0.25) is 5.75 Å². The number of benzene rings is 2. The first-order valence-electron chi connectivity index (χ1n) is 11.2. The van der Waals surface area contributed by atoms with E-state index in [9.17, 15) is 9.90 Å². The molecular formula is C26H34N2O7. The molecule has 35 heavy (non-hydrogen) atoms. The van der Waals surface area contributed by atoms with Crippen molar-refractivity contribution < 1.29 is 33.3 Å². The number of methoxy groups -OCH3 is 3. The number of phenolic OH excluding ortho intramolecular Hbond substituents is 1. The summed E-state index contributed by atoms with van der Waals surface area (Å²) in [6.07, 6.45) is 0. The largest absolute Gasteiger partial charge is 0.507 e. The van der Waals surface area contributed by atoms with Crippen LogP contribution in [0.3, 0.4) is 0 Å². The molecule has 0 spiro atoms. The summed E-state index contributed by atoms with van der Waals surface area (Å²) in [5, 5.41) is 11.7. The molecule has 0 aliphatic carbocycles. The summed E-state index contributed by atoms with van der Waals surface area (Å²) in [5.74, 6) is 1.13. The Morgan fingerprint density at radius 2 is 1.54 bits per heavy atom. The molecule has 1 aromatic heterocycles. The first kappa shape index (κ1) is 26.2. The van der Waals surface area contributed by atoms with Crippen molar-refractivity contribution in [3.63, 3.8) is 0 Å². The number of aromatic hydroxyl groups is 1. The third-order valence-corrected chi connectivity index (χ3v) is 5.50. The first-order chi connectivity index (χ1) is 16.7. The Bertz CT molecular complexity index is 1190. The number of carbonyl (C=O) groups is 1. The van der Waals surface area contributed by atoms with Crippen molar-refractivity contribution >= 4 is 16.9 Å². The Hall–Kier alpha value is -3.43. The molecule has 0 aliphatic heterocycles. The number of nitrogens with zero attached hydrogens (tertiary/aromatic N) is 2. The van der Waals surface area contributed by atoms with E-state index in [-0.39, 0.29) is 17.9 Å². The van der Waals surface area contributed by atoms with Gasteiger partial charge in [-0.2, -0.15) is 0 Å². The highest BCUT2D eigenvalue weighted by Crippen LogP contribution is 2.46. The zero-order valence-corrected chi connectivity index (χ0v) is 21.6. The standard InChI is InChI=1S/C26H34N2O7/c1-9-34-26(30)22-21-17(14-28(4)5)23(29)16(13-27(2)3)12-18(21)35-24(22)15-10-19(31-6)25(33-8)20(11-15)32-7/h10-12,29H,9,13-14H2,1-8H3. The molecule has 3 rings (SSSR count). The third kappa shape index (κ3) is 5.16. The number of esters is 1. The van der Waals surface area contributed by atoms with E-state index in [0.29, 0.717) is 63.8 Å². The molecule has 1 heterocycles. The van der Waals surface area contributed by atoms with Crippen LogP contribution in [-0.2, 0) is 17.8 Å². The molecule has 3 aromatic rings. The van der Waals surface area contributed by atoms with Gasteiger partial charge >= 0.3 is 5.97 Å². The van der Waals surface area contributed by atoms with Crippen LogP contribution in [-0.4, -0.2) is 77.0 Å². The lowest BCUT2D eigenvalue weighted by molar-refractivity contribution is 0.0528. The van der Waals surface area contributed by atoms with E-state index in [2.05, 4.69) is 0 Å². The topological polar surface area (TPSA) is 93.8 Å². The van der Waals surface area contributed by atoms with Gasteiger partial charge in [0, 0.05) is 35.2 Å². The maximum absolute atomic E-state index is 13.3. The van der Waals surface area contributed by atoms with Crippen molar-refractivity contribution in [2.75, 3.05) is 56.1 Å². The summed E-state index contributed by atoms with van der Waals surface area (Å²) >= 11 is 0. The van der Waals surface area contributed by atoms with Crippen LogP contribution >= 0.6 is 0 Å². The van der Waals surface area contributed by atoms with Gasteiger partial charge in [-0.05, 0) is 53.3 Å². The molecule has 0 amide bonds. The van der Waals surface area contributed by atoms with E-state index in [0.717, 1.165) is 0 Å². The van der Waals surface area contributed by atoms with Gasteiger partial charge in [0.1, 0.15) is 22.7 Å². The molecule has 0 aliphatic rings. The molecule has 0 radical (unpaired) electrons. The number of hydrogen-bond acceptors (Lipinski definition) is 9. The van der Waals surface area contributed by atoms with Gasteiger partial charge in [-0.1, -0.05) is 0 Å². The highest BCUT2D eigenvalue weighted by molar-refractivity contribution is 6.11. The molecule has 1 N–H and O–H groups in total. The van der Waals surface area contributed by atoms with Crippen molar-refractivity contribution in [2.45, 2.75) is 20.0 Å². The number of fused-ring (bicyclic) bond motifs is 1. The minimum absolute atomic E-state index is 0.127. The summed E-state index contributed by atoms with van der Waals surface area (Å²) in [6.45, 7) is 2.82. The molecule has 190 valence electrons. The lowest BCUT2D eigenvalue weighted by Gasteiger charge is -2.17. The number of hydrogen-bond donors (Lipinski definition) is 1. The van der Waals surface area contributed by atoms with Crippen molar-refractivity contribution in [2.24, 2.45) is 0 Å².